The molecule has 0 aliphatic carbocycles. The third kappa shape index (κ3) is 3.61. The maximum atomic E-state index is 5.43. The molecule has 0 aromatic heterocycles. The molecular weight excluding hydrogens is 182 g/mol. The molecule has 0 saturated carbocycles. The maximum Gasteiger partial charge on any atom is 0.0688 e. The van der Waals surface area contributed by atoms with Crippen LogP contribution in [0.3, 0.4) is 0 Å². The van der Waals surface area contributed by atoms with Crippen LogP contribution in [-0.2, 0) is 6.54 Å². The Balaban J connectivity index is 2.67. The van der Waals surface area contributed by atoms with Crippen LogP contribution in [0.2, 0.25) is 0 Å². The van der Waals surface area contributed by atoms with Crippen molar-refractivity contribution in [1.82, 2.24) is 4.90 Å². The molecule has 78 valence electrons. The van der Waals surface area contributed by atoms with Gasteiger partial charge >= 0.3 is 0 Å². The fourth-order valence-electron chi connectivity index (χ4n) is 1.45. The molecule has 0 fully saturated rings. The van der Waals surface area contributed by atoms with Gasteiger partial charge in [-0.3, -0.25) is 4.90 Å². The topological polar surface area (TPSA) is 3.24 Å². The zero-order valence-electron chi connectivity index (χ0n) is 9.19. The number of rotatable bonds is 5. The van der Waals surface area contributed by atoms with E-state index in [1.807, 2.05) is 31.2 Å². The van der Waals surface area contributed by atoms with Gasteiger partial charge in [0.05, 0.1) is 6.04 Å². The van der Waals surface area contributed by atoms with Gasteiger partial charge in [-0.1, -0.05) is 42.3 Å². The molecule has 1 nitrogen and oxygen atoms in total. The molecule has 1 aromatic carbocycles. The summed E-state index contributed by atoms with van der Waals surface area (Å²) in [5, 5.41) is 0. The average Bonchev–Trinajstić information content (AvgIpc) is 2.29. The lowest BCUT2D eigenvalue weighted by Gasteiger charge is -2.24. The Kier molecular flexibility index (Phi) is 4.66. The molecule has 1 aromatic rings. The summed E-state index contributed by atoms with van der Waals surface area (Å²) < 4.78 is 0. The van der Waals surface area contributed by atoms with Crippen molar-refractivity contribution in [2.24, 2.45) is 0 Å². The fraction of sp³-hybridized carbons (Fsp3) is 0.286. The molecular formula is C14H17N. The minimum atomic E-state index is 0.142. The van der Waals surface area contributed by atoms with Gasteiger partial charge < -0.3 is 0 Å². The summed E-state index contributed by atoms with van der Waals surface area (Å²) in [6, 6.07) is 10.5. The Bertz CT molecular complexity index is 334. The van der Waals surface area contributed by atoms with Gasteiger partial charge in [0.1, 0.15) is 0 Å². The quantitative estimate of drug-likeness (QED) is 0.520. The van der Waals surface area contributed by atoms with E-state index in [0.717, 1.165) is 13.1 Å². The smallest absolute Gasteiger partial charge is 0.0688 e. The predicted molar refractivity (Wildman–Crippen MR) is 65.3 cm³/mol. The van der Waals surface area contributed by atoms with E-state index in [4.69, 9.17) is 6.42 Å². The van der Waals surface area contributed by atoms with Crippen molar-refractivity contribution in [3.05, 3.63) is 48.6 Å². The van der Waals surface area contributed by atoms with Crippen LogP contribution in [0.15, 0.2) is 43.0 Å². The molecule has 0 spiro atoms. The van der Waals surface area contributed by atoms with Gasteiger partial charge in [0.15, 0.2) is 0 Å². The summed E-state index contributed by atoms with van der Waals surface area (Å²) in [4.78, 5) is 2.21. The molecule has 1 unspecified atom stereocenters. The first-order chi connectivity index (χ1) is 7.27. The first-order valence-electron chi connectivity index (χ1n) is 5.13. The van der Waals surface area contributed by atoms with E-state index in [9.17, 15) is 0 Å². The Hall–Kier alpha value is -1.52. The third-order valence-corrected chi connectivity index (χ3v) is 2.38. The van der Waals surface area contributed by atoms with Crippen molar-refractivity contribution in [2.45, 2.75) is 19.5 Å². The highest BCUT2D eigenvalue weighted by atomic mass is 15.1. The summed E-state index contributed by atoms with van der Waals surface area (Å²) in [5.74, 6) is 2.75. The Morgan fingerprint density at radius 3 is 2.67 bits per heavy atom. The molecule has 0 aliphatic heterocycles. The number of terminal acetylenes is 1. The highest BCUT2D eigenvalue weighted by Crippen LogP contribution is 2.07. The second-order valence-corrected chi connectivity index (χ2v) is 3.55. The minimum absolute atomic E-state index is 0.142. The highest BCUT2D eigenvalue weighted by molar-refractivity contribution is 5.15. The zero-order valence-corrected chi connectivity index (χ0v) is 9.19. The first-order valence-corrected chi connectivity index (χ1v) is 5.13. The van der Waals surface area contributed by atoms with Crippen molar-refractivity contribution in [3.63, 3.8) is 0 Å². The summed E-state index contributed by atoms with van der Waals surface area (Å²) in [6.45, 7) is 7.48. The first kappa shape index (κ1) is 11.6. The number of hydrogen-bond acceptors (Lipinski definition) is 1. The van der Waals surface area contributed by atoms with Gasteiger partial charge in [-0.15, -0.1) is 13.0 Å². The lowest BCUT2D eigenvalue weighted by Crippen LogP contribution is -2.31. The van der Waals surface area contributed by atoms with E-state index < -0.39 is 0 Å². The molecule has 0 heterocycles. The molecule has 0 radical (unpaired) electrons. The second kappa shape index (κ2) is 6.06. The fourth-order valence-corrected chi connectivity index (χ4v) is 1.45. The van der Waals surface area contributed by atoms with Crippen LogP contribution in [0.1, 0.15) is 12.5 Å². The van der Waals surface area contributed by atoms with Gasteiger partial charge in [0, 0.05) is 13.1 Å². The van der Waals surface area contributed by atoms with Crippen molar-refractivity contribution in [1.29, 1.82) is 0 Å². The van der Waals surface area contributed by atoms with Crippen LogP contribution in [-0.4, -0.2) is 17.5 Å². The minimum Gasteiger partial charge on any atom is -0.282 e. The van der Waals surface area contributed by atoms with Crippen molar-refractivity contribution < 1.29 is 0 Å². The van der Waals surface area contributed by atoms with Crippen LogP contribution < -0.4 is 0 Å². The van der Waals surface area contributed by atoms with E-state index in [0.29, 0.717) is 0 Å². The Morgan fingerprint density at radius 1 is 1.47 bits per heavy atom. The Morgan fingerprint density at radius 2 is 2.13 bits per heavy atom. The number of hydrogen-bond donors (Lipinski definition) is 0. The van der Waals surface area contributed by atoms with Gasteiger partial charge in [0.25, 0.3) is 0 Å². The molecule has 0 aliphatic rings. The molecule has 0 bridgehead atoms. The van der Waals surface area contributed by atoms with Gasteiger partial charge in [-0.25, -0.2) is 0 Å². The van der Waals surface area contributed by atoms with E-state index in [1.165, 1.54) is 5.56 Å². The molecule has 0 amide bonds. The highest BCUT2D eigenvalue weighted by Gasteiger charge is 2.09. The van der Waals surface area contributed by atoms with E-state index in [-0.39, 0.29) is 6.04 Å². The maximum absolute atomic E-state index is 5.43. The molecule has 0 saturated heterocycles. The zero-order chi connectivity index (χ0) is 11.1. The SMILES string of the molecule is C#CC(C)N(CC=C)Cc1ccccc1. The number of nitrogens with zero attached hydrogens (tertiary/aromatic N) is 1. The standard InChI is InChI=1S/C14H17N/c1-4-11-15(13(3)5-2)12-14-9-7-6-8-10-14/h2,4,6-10,13H,1,11-12H2,3H3. The van der Waals surface area contributed by atoms with Gasteiger partial charge in [-0.2, -0.15) is 0 Å². The summed E-state index contributed by atoms with van der Waals surface area (Å²) >= 11 is 0. The molecule has 1 atom stereocenters. The van der Waals surface area contributed by atoms with Crippen LogP contribution in [0.4, 0.5) is 0 Å². The molecule has 1 heteroatoms. The van der Waals surface area contributed by atoms with Crippen molar-refractivity contribution >= 4 is 0 Å². The van der Waals surface area contributed by atoms with Gasteiger partial charge in [-0.05, 0) is 12.5 Å². The molecule has 15 heavy (non-hydrogen) atoms. The number of benzene rings is 1. The lowest BCUT2D eigenvalue weighted by molar-refractivity contribution is 0.266. The normalized spacial score (nSPS) is 12.1. The van der Waals surface area contributed by atoms with Crippen LogP contribution in [0, 0.1) is 12.3 Å². The monoisotopic (exact) mass is 199 g/mol. The largest absolute Gasteiger partial charge is 0.282 e. The van der Waals surface area contributed by atoms with E-state index in [1.54, 1.807) is 0 Å². The lowest BCUT2D eigenvalue weighted by atomic mass is 10.2. The van der Waals surface area contributed by atoms with Crippen LogP contribution in [0.5, 0.6) is 0 Å². The van der Waals surface area contributed by atoms with Crippen LogP contribution in [0.25, 0.3) is 0 Å². The second-order valence-electron chi connectivity index (χ2n) is 3.55. The van der Waals surface area contributed by atoms with Crippen molar-refractivity contribution in [2.75, 3.05) is 6.54 Å². The van der Waals surface area contributed by atoms with E-state index >= 15 is 0 Å². The van der Waals surface area contributed by atoms with Crippen LogP contribution >= 0.6 is 0 Å². The summed E-state index contributed by atoms with van der Waals surface area (Å²) in [5.41, 5.74) is 1.28. The average molecular weight is 199 g/mol. The predicted octanol–water partition coefficient (Wildman–Crippen LogP) is 2.70. The molecule has 1 rings (SSSR count). The summed E-state index contributed by atoms with van der Waals surface area (Å²) in [7, 11) is 0. The molecule has 0 N–H and O–H groups in total. The summed E-state index contributed by atoms with van der Waals surface area (Å²) in [6.07, 6.45) is 7.32. The third-order valence-electron chi connectivity index (χ3n) is 2.38. The van der Waals surface area contributed by atoms with Crippen molar-refractivity contribution in [3.8, 4) is 12.3 Å². The van der Waals surface area contributed by atoms with E-state index in [2.05, 4.69) is 29.5 Å². The van der Waals surface area contributed by atoms with Gasteiger partial charge in [0.2, 0.25) is 0 Å². The Labute approximate surface area is 92.4 Å².